The minimum Gasteiger partial charge on any atom is -0.494 e. The summed E-state index contributed by atoms with van der Waals surface area (Å²) in [5.41, 5.74) is 1.60. The molecule has 0 saturated heterocycles. The first-order valence-electron chi connectivity index (χ1n) is 15.4. The highest BCUT2D eigenvalue weighted by molar-refractivity contribution is 7.92. The van der Waals surface area contributed by atoms with Crippen LogP contribution in [0.1, 0.15) is 38.3 Å². The number of sulfonamides is 1. The molecule has 0 aliphatic heterocycles. The molecule has 8 nitrogen and oxygen atoms in total. The Morgan fingerprint density at radius 1 is 0.872 bits per heavy atom. The van der Waals surface area contributed by atoms with Crippen LogP contribution in [0.5, 0.6) is 5.75 Å². The summed E-state index contributed by atoms with van der Waals surface area (Å²) in [4.78, 5) is 29.7. The lowest BCUT2D eigenvalue weighted by molar-refractivity contribution is -0.140. The summed E-state index contributed by atoms with van der Waals surface area (Å²) in [7, 11) is -4.34. The summed E-state index contributed by atoms with van der Waals surface area (Å²) in [6, 6.07) is 25.7. The molecule has 2 atom stereocenters. The number of halogens is 2. The molecule has 0 bridgehead atoms. The van der Waals surface area contributed by atoms with E-state index in [0.717, 1.165) is 22.0 Å². The first-order valence-corrected chi connectivity index (χ1v) is 17.2. The zero-order valence-corrected chi connectivity index (χ0v) is 28.2. The van der Waals surface area contributed by atoms with E-state index in [1.807, 2.05) is 51.1 Å². The highest BCUT2D eigenvalue weighted by atomic mass is 35.5. The van der Waals surface area contributed by atoms with Crippen molar-refractivity contribution in [3.8, 4) is 5.75 Å². The number of amides is 2. The van der Waals surface area contributed by atoms with Gasteiger partial charge in [-0.2, -0.15) is 0 Å². The van der Waals surface area contributed by atoms with Gasteiger partial charge in [-0.15, -0.1) is 0 Å². The van der Waals surface area contributed by atoms with Crippen molar-refractivity contribution in [2.45, 2.75) is 57.1 Å². The summed E-state index contributed by atoms with van der Waals surface area (Å²) in [6.45, 7) is 5.39. The van der Waals surface area contributed by atoms with E-state index in [0.29, 0.717) is 29.4 Å². The Morgan fingerprint density at radius 3 is 2.11 bits per heavy atom. The number of hydrogen-bond donors (Lipinski definition) is 1. The molecule has 4 aromatic rings. The Labute approximate surface area is 281 Å². The predicted octanol–water partition coefficient (Wildman–Crippen LogP) is 6.63. The van der Waals surface area contributed by atoms with Crippen LogP contribution in [0.25, 0.3) is 0 Å². The van der Waals surface area contributed by atoms with Gasteiger partial charge in [0, 0.05) is 24.0 Å². The fourth-order valence-electron chi connectivity index (χ4n) is 4.92. The second-order valence-corrected chi connectivity index (χ2v) is 13.4. The van der Waals surface area contributed by atoms with E-state index in [2.05, 4.69) is 5.32 Å². The number of carbonyl (C=O) groups excluding carboxylic acids is 2. The Kier molecular flexibility index (Phi) is 12.4. The third-order valence-corrected chi connectivity index (χ3v) is 9.69. The largest absolute Gasteiger partial charge is 0.494 e. The number of carbonyl (C=O) groups is 2. The van der Waals surface area contributed by atoms with Gasteiger partial charge < -0.3 is 15.0 Å². The number of rotatable bonds is 15. The minimum atomic E-state index is -4.34. The van der Waals surface area contributed by atoms with E-state index >= 15 is 0 Å². The van der Waals surface area contributed by atoms with Gasteiger partial charge in [-0.3, -0.25) is 13.9 Å². The van der Waals surface area contributed by atoms with Crippen molar-refractivity contribution in [3.05, 3.63) is 125 Å². The molecule has 0 heterocycles. The minimum absolute atomic E-state index is 0.00177. The molecule has 0 saturated carbocycles. The molecule has 1 N–H and O–H groups in total. The molecule has 0 spiro atoms. The molecule has 248 valence electrons. The standard InChI is InChI=1S/C36H39ClFN3O5S/c1-4-26(3)39-36(43)34(23-27-9-7-6-8-10-27)40(24-28-11-13-29(37)14-12-28)35(42)25-41(31-17-15-30(38)16-18-31)47(44,45)33-21-19-32(20-22-33)46-5-2/h6-22,26,34H,4-5,23-25H2,1-3H3,(H,39,43). The lowest BCUT2D eigenvalue weighted by Crippen LogP contribution is -2.54. The van der Waals surface area contributed by atoms with E-state index in [1.165, 1.54) is 41.3 Å². The molecule has 11 heteroatoms. The SMILES string of the molecule is CCOc1ccc(S(=O)(=O)N(CC(=O)N(Cc2ccc(Cl)cc2)C(Cc2ccccc2)C(=O)NC(C)CC)c2ccc(F)cc2)cc1. The third-order valence-electron chi connectivity index (χ3n) is 7.65. The Bertz CT molecular complexity index is 1720. The summed E-state index contributed by atoms with van der Waals surface area (Å²) >= 11 is 6.14. The van der Waals surface area contributed by atoms with Crippen LogP contribution < -0.4 is 14.4 Å². The van der Waals surface area contributed by atoms with Crippen LogP contribution in [-0.4, -0.2) is 50.4 Å². The van der Waals surface area contributed by atoms with Crippen molar-refractivity contribution in [3.63, 3.8) is 0 Å². The average molecular weight is 680 g/mol. The lowest BCUT2D eigenvalue weighted by Gasteiger charge is -2.34. The maximum absolute atomic E-state index is 14.5. The first kappa shape index (κ1) is 35.4. The quantitative estimate of drug-likeness (QED) is 0.152. The molecule has 2 unspecified atom stereocenters. The third kappa shape index (κ3) is 9.56. The monoisotopic (exact) mass is 679 g/mol. The van der Waals surface area contributed by atoms with Gasteiger partial charge in [0.15, 0.2) is 0 Å². The van der Waals surface area contributed by atoms with Crippen LogP contribution in [0.2, 0.25) is 5.02 Å². The van der Waals surface area contributed by atoms with Gasteiger partial charge in [0.05, 0.1) is 17.2 Å². The zero-order chi connectivity index (χ0) is 34.0. The Balaban J connectivity index is 1.79. The van der Waals surface area contributed by atoms with Crippen LogP contribution in [-0.2, 0) is 32.6 Å². The number of hydrogen-bond acceptors (Lipinski definition) is 5. The maximum Gasteiger partial charge on any atom is 0.264 e. The van der Waals surface area contributed by atoms with E-state index in [9.17, 15) is 22.4 Å². The Morgan fingerprint density at radius 2 is 1.51 bits per heavy atom. The van der Waals surface area contributed by atoms with Crippen LogP contribution in [0.3, 0.4) is 0 Å². The fraction of sp³-hybridized carbons (Fsp3) is 0.278. The van der Waals surface area contributed by atoms with E-state index in [1.54, 1.807) is 24.3 Å². The van der Waals surface area contributed by atoms with E-state index in [4.69, 9.17) is 16.3 Å². The summed E-state index contributed by atoms with van der Waals surface area (Å²) in [5, 5.41) is 3.51. The molecular weight excluding hydrogens is 641 g/mol. The van der Waals surface area contributed by atoms with Crippen molar-refractivity contribution in [1.82, 2.24) is 10.2 Å². The molecule has 4 rings (SSSR count). The van der Waals surface area contributed by atoms with Gasteiger partial charge in [0.2, 0.25) is 11.8 Å². The highest BCUT2D eigenvalue weighted by Gasteiger charge is 2.35. The molecule has 47 heavy (non-hydrogen) atoms. The summed E-state index contributed by atoms with van der Waals surface area (Å²) in [5.74, 6) is -1.07. The fourth-order valence-corrected chi connectivity index (χ4v) is 6.46. The van der Waals surface area contributed by atoms with Gasteiger partial charge in [-0.25, -0.2) is 12.8 Å². The number of benzene rings is 4. The van der Waals surface area contributed by atoms with Gasteiger partial charge in [-0.05, 0) is 92.1 Å². The molecule has 0 fully saturated rings. The summed E-state index contributed by atoms with van der Waals surface area (Å²) in [6.07, 6.45) is 0.859. The molecule has 0 aliphatic rings. The number of anilines is 1. The van der Waals surface area contributed by atoms with Gasteiger partial charge in [-0.1, -0.05) is 61.0 Å². The topological polar surface area (TPSA) is 96.0 Å². The van der Waals surface area contributed by atoms with Crippen molar-refractivity contribution in [2.75, 3.05) is 17.5 Å². The van der Waals surface area contributed by atoms with Gasteiger partial charge >= 0.3 is 0 Å². The maximum atomic E-state index is 14.5. The molecule has 0 aromatic heterocycles. The van der Waals surface area contributed by atoms with Crippen LogP contribution in [0, 0.1) is 5.82 Å². The Hall–Kier alpha value is -4.41. The normalized spacial score (nSPS) is 12.5. The van der Waals surface area contributed by atoms with Crippen molar-refractivity contribution >= 4 is 39.1 Å². The smallest absolute Gasteiger partial charge is 0.264 e. The zero-order valence-electron chi connectivity index (χ0n) is 26.6. The first-order chi connectivity index (χ1) is 22.5. The second-order valence-electron chi connectivity index (χ2n) is 11.1. The predicted molar refractivity (Wildman–Crippen MR) is 182 cm³/mol. The molecular formula is C36H39ClFN3O5S. The molecule has 2 amide bonds. The van der Waals surface area contributed by atoms with Crippen LogP contribution >= 0.6 is 11.6 Å². The highest BCUT2D eigenvalue weighted by Crippen LogP contribution is 2.27. The number of nitrogens with one attached hydrogen (secondary N) is 1. The van der Waals surface area contributed by atoms with E-state index < -0.39 is 34.3 Å². The van der Waals surface area contributed by atoms with Crippen molar-refractivity contribution < 1.29 is 27.1 Å². The van der Waals surface area contributed by atoms with Gasteiger partial charge in [0.25, 0.3) is 10.0 Å². The van der Waals surface area contributed by atoms with Crippen molar-refractivity contribution in [1.29, 1.82) is 0 Å². The second kappa shape index (κ2) is 16.4. The van der Waals surface area contributed by atoms with Crippen LogP contribution in [0.4, 0.5) is 10.1 Å². The van der Waals surface area contributed by atoms with E-state index in [-0.39, 0.29) is 35.5 Å². The van der Waals surface area contributed by atoms with Crippen molar-refractivity contribution in [2.24, 2.45) is 0 Å². The molecule has 4 aromatic carbocycles. The van der Waals surface area contributed by atoms with Crippen LogP contribution in [0.15, 0.2) is 108 Å². The van der Waals surface area contributed by atoms with Gasteiger partial charge in [0.1, 0.15) is 24.2 Å². The summed E-state index contributed by atoms with van der Waals surface area (Å²) < 4.78 is 48.7. The average Bonchev–Trinajstić information content (AvgIpc) is 3.07. The molecule has 0 radical (unpaired) electrons. The number of ether oxygens (including phenoxy) is 1. The number of nitrogens with zero attached hydrogens (tertiary/aromatic N) is 2. The lowest BCUT2D eigenvalue weighted by atomic mass is 10.0. The molecule has 0 aliphatic carbocycles.